The van der Waals surface area contributed by atoms with E-state index >= 15 is 0 Å². The molecular weight excluding hydrogens is 441 g/mol. The Hall–Kier alpha value is -3.73. The van der Waals surface area contributed by atoms with Gasteiger partial charge in [-0.25, -0.2) is 9.48 Å². The van der Waals surface area contributed by atoms with Crippen LogP contribution in [-0.2, 0) is 17.9 Å². The Kier molecular flexibility index (Phi) is 7.44. The maximum absolute atomic E-state index is 12.8. The lowest BCUT2D eigenvalue weighted by atomic mass is 10.1. The van der Waals surface area contributed by atoms with Crippen LogP contribution in [0.3, 0.4) is 0 Å². The van der Waals surface area contributed by atoms with E-state index in [9.17, 15) is 18.0 Å². The number of nitrogens with one attached hydrogen (secondary N) is 2. The third-order valence-electron chi connectivity index (χ3n) is 4.61. The van der Waals surface area contributed by atoms with Gasteiger partial charge >= 0.3 is 12.4 Å². The van der Waals surface area contributed by atoms with Crippen molar-refractivity contribution in [3.63, 3.8) is 0 Å². The fourth-order valence-electron chi connectivity index (χ4n) is 3.15. The minimum absolute atomic E-state index is 0.142. The normalized spacial score (nSPS) is 11.2. The molecule has 2 aromatic carbocycles. The minimum Gasteiger partial charge on any atom is -0.480 e. The number of carbonyl (C=O) groups excluding carboxylic acids is 1. The number of rotatable bonds is 8. The highest BCUT2D eigenvalue weighted by molar-refractivity contribution is 5.89. The second kappa shape index (κ2) is 10.3. The summed E-state index contributed by atoms with van der Waals surface area (Å²) in [5.74, 6) is 0.271. The molecular formula is C22H23F3N4O4. The predicted molar refractivity (Wildman–Crippen MR) is 115 cm³/mol. The average Bonchev–Trinajstić information content (AvgIpc) is 3.09. The Morgan fingerprint density at radius 2 is 1.85 bits per heavy atom. The van der Waals surface area contributed by atoms with Crippen LogP contribution in [0.25, 0.3) is 5.69 Å². The number of hydrogen-bond acceptors (Lipinski definition) is 5. The summed E-state index contributed by atoms with van der Waals surface area (Å²) in [5, 5.41) is 9.60. The second-order valence-corrected chi connectivity index (χ2v) is 6.96. The van der Waals surface area contributed by atoms with Gasteiger partial charge < -0.3 is 19.5 Å². The molecule has 0 radical (unpaired) electrons. The quantitative estimate of drug-likeness (QED) is 0.511. The van der Waals surface area contributed by atoms with Crippen molar-refractivity contribution < 1.29 is 32.2 Å². The summed E-state index contributed by atoms with van der Waals surface area (Å²) in [7, 11) is 2.93. The number of anilines is 1. The van der Waals surface area contributed by atoms with Crippen molar-refractivity contribution >= 4 is 11.8 Å². The summed E-state index contributed by atoms with van der Waals surface area (Å²) < 4.78 is 54.2. The van der Waals surface area contributed by atoms with Gasteiger partial charge in [0.1, 0.15) is 11.6 Å². The van der Waals surface area contributed by atoms with Gasteiger partial charge in [-0.2, -0.15) is 0 Å². The van der Waals surface area contributed by atoms with Crippen LogP contribution in [0.1, 0.15) is 16.7 Å². The molecule has 1 heterocycles. The van der Waals surface area contributed by atoms with E-state index < -0.39 is 18.1 Å². The molecule has 0 fully saturated rings. The number of halogens is 3. The molecule has 0 aliphatic heterocycles. The third-order valence-corrected chi connectivity index (χ3v) is 4.61. The van der Waals surface area contributed by atoms with Crippen molar-refractivity contribution in [3.8, 4) is 17.3 Å². The number of nitrogens with zero attached hydrogens (tertiary/aromatic N) is 2. The van der Waals surface area contributed by atoms with Crippen LogP contribution in [0, 0.1) is 6.92 Å². The topological polar surface area (TPSA) is 86.6 Å². The van der Waals surface area contributed by atoms with Gasteiger partial charge in [0.05, 0.1) is 25.0 Å². The van der Waals surface area contributed by atoms with Crippen molar-refractivity contribution in [2.24, 2.45) is 0 Å². The van der Waals surface area contributed by atoms with E-state index in [2.05, 4.69) is 20.5 Å². The van der Waals surface area contributed by atoms with E-state index in [0.29, 0.717) is 28.5 Å². The molecule has 0 atom stereocenters. The van der Waals surface area contributed by atoms with E-state index in [4.69, 9.17) is 9.47 Å². The van der Waals surface area contributed by atoms with Crippen molar-refractivity contribution in [2.45, 2.75) is 26.4 Å². The number of aromatic nitrogens is 2. The second-order valence-electron chi connectivity index (χ2n) is 6.96. The van der Waals surface area contributed by atoms with Gasteiger partial charge in [-0.1, -0.05) is 24.3 Å². The van der Waals surface area contributed by atoms with E-state index in [-0.39, 0.29) is 18.7 Å². The lowest BCUT2D eigenvalue weighted by molar-refractivity contribution is -0.274. The Labute approximate surface area is 188 Å². The number of urea groups is 1. The van der Waals surface area contributed by atoms with Crippen LogP contribution in [-0.4, -0.2) is 36.4 Å². The highest BCUT2D eigenvalue weighted by atomic mass is 19.4. The van der Waals surface area contributed by atoms with E-state index in [1.54, 1.807) is 19.1 Å². The molecule has 3 aromatic rings. The fourth-order valence-corrected chi connectivity index (χ4v) is 3.15. The predicted octanol–water partition coefficient (Wildman–Crippen LogP) is 4.56. The lowest BCUT2D eigenvalue weighted by Gasteiger charge is -2.16. The molecule has 0 aliphatic rings. The van der Waals surface area contributed by atoms with Crippen molar-refractivity contribution in [3.05, 3.63) is 65.2 Å². The van der Waals surface area contributed by atoms with E-state index in [1.807, 2.05) is 18.2 Å². The molecule has 11 heteroatoms. The maximum atomic E-state index is 12.8. The van der Waals surface area contributed by atoms with Crippen LogP contribution in [0.4, 0.5) is 23.8 Å². The first-order valence-electron chi connectivity index (χ1n) is 9.82. The zero-order valence-corrected chi connectivity index (χ0v) is 18.2. The van der Waals surface area contributed by atoms with Crippen molar-refractivity contribution in [1.82, 2.24) is 15.1 Å². The number of methoxy groups -OCH3 is 2. The minimum atomic E-state index is -4.87. The molecule has 2 N–H and O–H groups in total. The summed E-state index contributed by atoms with van der Waals surface area (Å²) in [5.41, 5.74) is 2.04. The Balaban J connectivity index is 1.80. The van der Waals surface area contributed by atoms with Crippen LogP contribution in [0.15, 0.2) is 48.5 Å². The van der Waals surface area contributed by atoms with Gasteiger partial charge in [0.15, 0.2) is 0 Å². The first kappa shape index (κ1) is 23.9. The molecule has 1 aromatic heterocycles. The number of alkyl halides is 3. The number of amides is 2. The number of ether oxygens (including phenoxy) is 3. The molecule has 0 aliphatic carbocycles. The molecule has 0 unspecified atom stereocenters. The van der Waals surface area contributed by atoms with E-state index in [0.717, 1.165) is 0 Å². The van der Waals surface area contributed by atoms with Crippen LogP contribution in [0.2, 0.25) is 0 Å². The third kappa shape index (κ3) is 6.16. The molecule has 0 bridgehead atoms. The molecule has 176 valence electrons. The Bertz CT molecular complexity index is 1100. The zero-order valence-electron chi connectivity index (χ0n) is 18.2. The number of carbonyl (C=O) groups is 1. The Morgan fingerprint density at radius 1 is 1.12 bits per heavy atom. The van der Waals surface area contributed by atoms with Crippen LogP contribution in [0.5, 0.6) is 11.6 Å². The summed E-state index contributed by atoms with van der Waals surface area (Å²) in [6.07, 6.45) is -4.87. The number of para-hydroxylation sites is 1. The van der Waals surface area contributed by atoms with Gasteiger partial charge in [-0.05, 0) is 36.8 Å². The summed E-state index contributed by atoms with van der Waals surface area (Å²) in [6.45, 7) is 1.70. The first-order chi connectivity index (χ1) is 15.7. The standard InChI is InChI=1S/C22H23F3N4O4/c1-14-19(29(28-20(14)32-3)17-7-5-4-6-8-17)27-21(30)26-12-16-11-15(13-31-2)9-10-18(16)33-22(23,24)25/h4-11H,12-13H2,1-3H3,(H2,26,27,30). The van der Waals surface area contributed by atoms with Gasteiger partial charge in [0, 0.05) is 19.2 Å². The highest BCUT2D eigenvalue weighted by Crippen LogP contribution is 2.29. The zero-order chi connectivity index (χ0) is 24.0. The first-order valence-corrected chi connectivity index (χ1v) is 9.82. The summed E-state index contributed by atoms with van der Waals surface area (Å²) in [4.78, 5) is 12.6. The smallest absolute Gasteiger partial charge is 0.480 e. The monoisotopic (exact) mass is 464 g/mol. The van der Waals surface area contributed by atoms with Gasteiger partial charge in [-0.15, -0.1) is 18.3 Å². The van der Waals surface area contributed by atoms with Crippen molar-refractivity contribution in [2.75, 3.05) is 19.5 Å². The number of hydrogen-bond donors (Lipinski definition) is 2. The molecule has 0 saturated heterocycles. The van der Waals surface area contributed by atoms with E-state index in [1.165, 1.54) is 37.1 Å². The Morgan fingerprint density at radius 3 is 2.48 bits per heavy atom. The highest BCUT2D eigenvalue weighted by Gasteiger charge is 2.32. The molecule has 8 nitrogen and oxygen atoms in total. The fraction of sp³-hybridized carbons (Fsp3) is 0.273. The molecule has 0 saturated carbocycles. The summed E-state index contributed by atoms with van der Waals surface area (Å²) >= 11 is 0. The van der Waals surface area contributed by atoms with Gasteiger partial charge in [-0.3, -0.25) is 5.32 Å². The van der Waals surface area contributed by atoms with Crippen molar-refractivity contribution in [1.29, 1.82) is 0 Å². The van der Waals surface area contributed by atoms with Gasteiger partial charge in [0.2, 0.25) is 5.88 Å². The SMILES string of the molecule is COCc1ccc(OC(F)(F)F)c(CNC(=O)Nc2c(C)c(OC)nn2-c2ccccc2)c1. The molecule has 0 spiro atoms. The van der Waals surface area contributed by atoms with Gasteiger partial charge in [0.25, 0.3) is 0 Å². The average molecular weight is 464 g/mol. The lowest BCUT2D eigenvalue weighted by Crippen LogP contribution is -2.30. The van der Waals surface area contributed by atoms with Crippen LogP contribution < -0.4 is 20.1 Å². The maximum Gasteiger partial charge on any atom is 0.573 e. The molecule has 2 amide bonds. The molecule has 3 rings (SSSR count). The largest absolute Gasteiger partial charge is 0.573 e. The summed E-state index contributed by atoms with van der Waals surface area (Å²) in [6, 6.07) is 12.6. The molecule has 33 heavy (non-hydrogen) atoms. The number of benzene rings is 2. The van der Waals surface area contributed by atoms with Crippen LogP contribution >= 0.6 is 0 Å².